The monoisotopic (exact) mass is 458 g/mol. The van der Waals surface area contributed by atoms with Gasteiger partial charge in [-0.2, -0.15) is 10.2 Å². The van der Waals surface area contributed by atoms with Crippen LogP contribution in [0.25, 0.3) is 34.3 Å². The number of aryl methyl sites for hydroxylation is 1. The van der Waals surface area contributed by atoms with Crippen LogP contribution in [0, 0.1) is 0 Å². The van der Waals surface area contributed by atoms with Crippen molar-refractivity contribution in [1.29, 1.82) is 0 Å². The Hall–Kier alpha value is -4.14. The molecule has 0 aliphatic carbocycles. The number of hydrogen-bond donors (Lipinski definition) is 2. The predicted molar refractivity (Wildman–Crippen MR) is 130 cm³/mol. The van der Waals surface area contributed by atoms with Gasteiger partial charge in [0.25, 0.3) is 5.91 Å². The molecule has 2 bridgehead atoms. The average Bonchev–Trinajstić information content (AvgIpc) is 3.39. The highest BCUT2D eigenvalue weighted by molar-refractivity contribution is 5.96. The van der Waals surface area contributed by atoms with Gasteiger partial charge >= 0.3 is 0 Å². The third-order valence-electron chi connectivity index (χ3n) is 5.54. The molecule has 1 amide bonds. The third-order valence-corrected chi connectivity index (χ3v) is 5.54. The van der Waals surface area contributed by atoms with Gasteiger partial charge < -0.3 is 14.8 Å². The molecular formula is C25H26N6O3. The second-order valence-electron chi connectivity index (χ2n) is 8.48. The standard InChI is InChI=1S/C25H26N6O3/c1-15(2)28-24(32)17-6-5-16-7-8-20-18-12-21(26-14-22(18)30-29-20)19-13-27-31(3)25(19)34-10-4-9-33-23(16)11-17/h5-8,11-15H,4,9-10H2,1-3H3,(H,28,32)(H,29,30). The van der Waals surface area contributed by atoms with Crippen LogP contribution in [-0.2, 0) is 7.05 Å². The van der Waals surface area contributed by atoms with Crippen LogP contribution in [0.2, 0.25) is 0 Å². The Morgan fingerprint density at radius 3 is 2.85 bits per heavy atom. The summed E-state index contributed by atoms with van der Waals surface area (Å²) in [5.74, 6) is 1.15. The van der Waals surface area contributed by atoms with Gasteiger partial charge in [-0.15, -0.1) is 0 Å². The molecule has 4 aromatic rings. The first-order valence-electron chi connectivity index (χ1n) is 11.2. The number of carbonyl (C=O) groups excluding carboxylic acids is 1. The van der Waals surface area contributed by atoms with Crippen LogP contribution in [0.15, 0.2) is 36.7 Å². The van der Waals surface area contributed by atoms with Gasteiger partial charge in [-0.3, -0.25) is 14.9 Å². The molecule has 0 saturated heterocycles. The Labute approximate surface area is 196 Å². The second-order valence-corrected chi connectivity index (χ2v) is 8.48. The average molecular weight is 459 g/mol. The lowest BCUT2D eigenvalue weighted by atomic mass is 10.1. The van der Waals surface area contributed by atoms with E-state index in [-0.39, 0.29) is 11.9 Å². The van der Waals surface area contributed by atoms with E-state index in [4.69, 9.17) is 9.47 Å². The summed E-state index contributed by atoms with van der Waals surface area (Å²) < 4.78 is 13.8. The Bertz CT molecular complexity index is 1380. The van der Waals surface area contributed by atoms with Gasteiger partial charge in [0.05, 0.1) is 48.1 Å². The number of aromatic amines is 1. The number of pyridine rings is 1. The van der Waals surface area contributed by atoms with Gasteiger partial charge in [0.2, 0.25) is 5.88 Å². The van der Waals surface area contributed by atoms with Crippen molar-refractivity contribution in [3.63, 3.8) is 0 Å². The third kappa shape index (κ3) is 4.24. The minimum atomic E-state index is -0.133. The van der Waals surface area contributed by atoms with Crippen LogP contribution in [0.3, 0.4) is 0 Å². The van der Waals surface area contributed by atoms with Crippen molar-refractivity contribution in [2.45, 2.75) is 26.3 Å². The Balaban J connectivity index is 1.57. The molecule has 0 fully saturated rings. The van der Waals surface area contributed by atoms with Crippen LogP contribution in [0.5, 0.6) is 11.6 Å². The number of hydrogen-bond acceptors (Lipinski definition) is 6. The zero-order chi connectivity index (χ0) is 23.7. The molecule has 0 saturated carbocycles. The van der Waals surface area contributed by atoms with Gasteiger partial charge in [-0.25, -0.2) is 4.68 Å². The molecule has 1 aromatic carbocycles. The van der Waals surface area contributed by atoms with Gasteiger partial charge in [-0.1, -0.05) is 6.07 Å². The van der Waals surface area contributed by atoms with E-state index in [1.807, 2.05) is 45.2 Å². The van der Waals surface area contributed by atoms with Crippen LogP contribution in [0.4, 0.5) is 0 Å². The van der Waals surface area contributed by atoms with Crippen molar-refractivity contribution in [1.82, 2.24) is 30.3 Å². The predicted octanol–water partition coefficient (Wildman–Crippen LogP) is 3.83. The number of carbonyl (C=O) groups is 1. The molecule has 0 unspecified atom stereocenters. The molecular weight excluding hydrogens is 432 g/mol. The van der Waals surface area contributed by atoms with Crippen molar-refractivity contribution < 1.29 is 14.3 Å². The minimum Gasteiger partial charge on any atom is -0.493 e. The molecule has 4 heterocycles. The molecule has 1 aliphatic heterocycles. The lowest BCUT2D eigenvalue weighted by Crippen LogP contribution is -2.30. The number of amides is 1. The summed E-state index contributed by atoms with van der Waals surface area (Å²) in [6.07, 6.45) is 8.05. The smallest absolute Gasteiger partial charge is 0.251 e. The SMILES string of the molecule is CC(C)NC(=O)c1ccc2c(c1)OCCCOc1c(cnn1C)-c1cc3c(n[nH]c3cn1)C=C2. The van der Waals surface area contributed by atoms with E-state index in [1.165, 1.54) is 0 Å². The summed E-state index contributed by atoms with van der Waals surface area (Å²) in [4.78, 5) is 17.1. The van der Waals surface area contributed by atoms with Crippen LogP contribution in [-0.4, -0.2) is 50.1 Å². The van der Waals surface area contributed by atoms with E-state index in [2.05, 4.69) is 25.6 Å². The van der Waals surface area contributed by atoms with E-state index in [1.54, 1.807) is 29.2 Å². The van der Waals surface area contributed by atoms with Crippen LogP contribution in [0.1, 0.15) is 41.9 Å². The van der Waals surface area contributed by atoms with Crippen LogP contribution < -0.4 is 14.8 Å². The molecule has 3 aromatic heterocycles. The molecule has 5 rings (SSSR count). The van der Waals surface area contributed by atoms with Gasteiger partial charge in [0.1, 0.15) is 5.75 Å². The largest absolute Gasteiger partial charge is 0.493 e. The Morgan fingerprint density at radius 2 is 2.00 bits per heavy atom. The summed E-state index contributed by atoms with van der Waals surface area (Å²) in [6.45, 7) is 4.75. The van der Waals surface area contributed by atoms with Crippen LogP contribution >= 0.6 is 0 Å². The Morgan fingerprint density at radius 1 is 1.15 bits per heavy atom. The number of H-pyrrole nitrogens is 1. The molecule has 9 heteroatoms. The first-order valence-corrected chi connectivity index (χ1v) is 11.2. The molecule has 0 radical (unpaired) electrons. The Kier molecular flexibility index (Phi) is 5.75. The van der Waals surface area contributed by atoms with Gasteiger partial charge in [0, 0.05) is 36.0 Å². The highest BCUT2D eigenvalue weighted by Crippen LogP contribution is 2.31. The van der Waals surface area contributed by atoms with E-state index in [9.17, 15) is 4.79 Å². The first kappa shape index (κ1) is 21.7. The maximum atomic E-state index is 12.5. The lowest BCUT2D eigenvalue weighted by Gasteiger charge is -2.13. The van der Waals surface area contributed by atoms with E-state index < -0.39 is 0 Å². The number of nitrogens with zero attached hydrogens (tertiary/aromatic N) is 4. The normalized spacial score (nSPS) is 13.5. The number of benzene rings is 1. The quantitative estimate of drug-likeness (QED) is 0.473. The number of rotatable bonds is 2. The molecule has 34 heavy (non-hydrogen) atoms. The number of aromatic nitrogens is 5. The van der Waals surface area contributed by atoms with Crippen molar-refractivity contribution in [2.24, 2.45) is 7.05 Å². The molecule has 1 aliphatic rings. The molecule has 9 nitrogen and oxygen atoms in total. The molecule has 0 atom stereocenters. The van der Waals surface area contributed by atoms with E-state index >= 15 is 0 Å². The van der Waals surface area contributed by atoms with Gasteiger partial charge in [-0.05, 0) is 44.2 Å². The highest BCUT2D eigenvalue weighted by Gasteiger charge is 2.16. The minimum absolute atomic E-state index is 0.0484. The zero-order valence-corrected chi connectivity index (χ0v) is 19.3. The summed E-state index contributed by atoms with van der Waals surface area (Å²) in [7, 11) is 1.84. The number of ether oxygens (including phenoxy) is 2. The number of fused-ring (bicyclic) bond motifs is 4. The maximum absolute atomic E-state index is 12.5. The summed E-state index contributed by atoms with van der Waals surface area (Å²) >= 11 is 0. The van der Waals surface area contributed by atoms with Crippen molar-refractivity contribution in [3.8, 4) is 22.9 Å². The summed E-state index contributed by atoms with van der Waals surface area (Å²) in [5, 5.41) is 15.7. The fourth-order valence-corrected chi connectivity index (χ4v) is 3.85. The molecule has 0 spiro atoms. The van der Waals surface area contributed by atoms with Crippen molar-refractivity contribution in [3.05, 3.63) is 53.5 Å². The van der Waals surface area contributed by atoms with Gasteiger partial charge in [0.15, 0.2) is 0 Å². The van der Waals surface area contributed by atoms with E-state index in [0.29, 0.717) is 36.8 Å². The fourth-order valence-electron chi connectivity index (χ4n) is 3.85. The first-order chi connectivity index (χ1) is 16.5. The number of nitrogens with one attached hydrogen (secondary N) is 2. The topological polar surface area (TPSA) is 107 Å². The second kappa shape index (κ2) is 9.01. The highest BCUT2D eigenvalue weighted by atomic mass is 16.5. The fraction of sp³-hybridized carbons (Fsp3) is 0.280. The van der Waals surface area contributed by atoms with Crippen molar-refractivity contribution in [2.75, 3.05) is 13.2 Å². The van der Waals surface area contributed by atoms with E-state index in [0.717, 1.165) is 33.4 Å². The molecule has 174 valence electrons. The zero-order valence-electron chi connectivity index (χ0n) is 19.3. The molecule has 2 N–H and O–H groups in total. The maximum Gasteiger partial charge on any atom is 0.251 e. The summed E-state index contributed by atoms with van der Waals surface area (Å²) in [5.41, 5.74) is 4.59. The van der Waals surface area contributed by atoms with Crippen molar-refractivity contribution >= 4 is 29.0 Å². The summed E-state index contributed by atoms with van der Waals surface area (Å²) in [6, 6.07) is 7.50. The lowest BCUT2D eigenvalue weighted by molar-refractivity contribution is 0.0942.